The molecule has 0 heterocycles. The Hall–Kier alpha value is -1.84. The lowest BCUT2D eigenvalue weighted by Gasteiger charge is -2.33. The lowest BCUT2D eigenvalue weighted by Crippen LogP contribution is -2.26. The number of carbonyl (C=O) groups excluding carboxylic acids is 1. The van der Waals surface area contributed by atoms with Crippen molar-refractivity contribution in [1.29, 1.82) is 0 Å². The van der Waals surface area contributed by atoms with Crippen molar-refractivity contribution >= 4 is 11.9 Å². The Morgan fingerprint density at radius 3 is 1.61 bits per heavy atom. The van der Waals surface area contributed by atoms with Crippen molar-refractivity contribution in [2.24, 2.45) is 0 Å². The number of esters is 1. The summed E-state index contributed by atoms with van der Waals surface area (Å²) in [6.45, 7) is 14.8. The second kappa shape index (κ2) is 12.3. The number of hydrogen-bond donors (Lipinski definition) is 1. The van der Waals surface area contributed by atoms with Crippen LogP contribution in [-0.2, 0) is 15.6 Å². The number of carbonyl (C=O) groups is 2. The predicted octanol–water partition coefficient (Wildman–Crippen LogP) is 7.81. The normalized spacial score (nSPS) is 12.1. The number of carboxylic acid groups (broad SMARTS) is 1. The fourth-order valence-corrected chi connectivity index (χ4v) is 4.14. The monoisotopic (exact) mass is 432 g/mol. The number of ether oxygens (including phenoxy) is 1. The highest BCUT2D eigenvalue weighted by Gasteiger charge is 2.33. The molecular formula is C27H44O4. The summed E-state index contributed by atoms with van der Waals surface area (Å²) in [5.74, 6) is -0.601. The first-order chi connectivity index (χ1) is 14.5. The summed E-state index contributed by atoms with van der Waals surface area (Å²) >= 11 is 0. The molecule has 0 bridgehead atoms. The van der Waals surface area contributed by atoms with E-state index in [2.05, 4.69) is 41.5 Å². The molecule has 31 heavy (non-hydrogen) atoms. The Kier molecular flexibility index (Phi) is 10.8. The molecule has 4 nitrogen and oxygen atoms in total. The molecule has 0 aliphatic carbocycles. The summed E-state index contributed by atoms with van der Waals surface area (Å²) in [6.07, 6.45) is 9.51. The Balaban J connectivity index is 3.65. The molecule has 0 radical (unpaired) electrons. The van der Waals surface area contributed by atoms with Gasteiger partial charge >= 0.3 is 11.9 Å². The Bertz CT molecular complexity index is 688. The summed E-state index contributed by atoms with van der Waals surface area (Å²) in [6, 6.07) is 3.46. The molecule has 0 aromatic heterocycles. The highest BCUT2D eigenvalue weighted by molar-refractivity contribution is 5.89. The van der Waals surface area contributed by atoms with E-state index in [4.69, 9.17) is 4.74 Å². The zero-order chi connectivity index (χ0) is 23.7. The maximum atomic E-state index is 12.6. The summed E-state index contributed by atoms with van der Waals surface area (Å²) < 4.78 is 6.01. The zero-order valence-electron chi connectivity index (χ0n) is 20.9. The molecule has 1 aromatic carbocycles. The fraction of sp³-hybridized carbons (Fsp3) is 0.704. The van der Waals surface area contributed by atoms with Crippen LogP contribution < -0.4 is 4.74 Å². The van der Waals surface area contributed by atoms with Gasteiger partial charge in [0.2, 0.25) is 0 Å². The van der Waals surface area contributed by atoms with Crippen molar-refractivity contribution in [2.75, 3.05) is 0 Å². The molecule has 0 unspecified atom stereocenters. The molecule has 1 rings (SSSR count). The minimum atomic E-state index is -0.942. The molecule has 1 aromatic rings. The minimum Gasteiger partial charge on any atom is -0.478 e. The molecule has 0 aliphatic heterocycles. The number of carboxylic acids is 1. The van der Waals surface area contributed by atoms with Gasteiger partial charge in [0.25, 0.3) is 0 Å². The van der Waals surface area contributed by atoms with Crippen molar-refractivity contribution in [1.82, 2.24) is 0 Å². The average Bonchev–Trinajstić information content (AvgIpc) is 2.68. The first kappa shape index (κ1) is 27.2. The van der Waals surface area contributed by atoms with Gasteiger partial charge in [0.15, 0.2) is 0 Å². The van der Waals surface area contributed by atoms with Gasteiger partial charge in [0.1, 0.15) is 5.75 Å². The zero-order valence-corrected chi connectivity index (χ0v) is 20.9. The average molecular weight is 433 g/mol. The van der Waals surface area contributed by atoms with Gasteiger partial charge in [-0.3, -0.25) is 4.79 Å². The molecule has 0 amide bonds. The lowest BCUT2D eigenvalue weighted by molar-refractivity contribution is -0.134. The molecule has 4 heteroatoms. The van der Waals surface area contributed by atoms with E-state index in [0.717, 1.165) is 68.9 Å². The van der Waals surface area contributed by atoms with Gasteiger partial charge in [-0.2, -0.15) is 0 Å². The van der Waals surface area contributed by atoms with Crippen LogP contribution in [0.4, 0.5) is 0 Å². The first-order valence-corrected chi connectivity index (χ1v) is 12.1. The maximum Gasteiger partial charge on any atom is 0.335 e. The van der Waals surface area contributed by atoms with Crippen molar-refractivity contribution in [3.05, 3.63) is 28.8 Å². The topological polar surface area (TPSA) is 63.6 Å². The van der Waals surface area contributed by atoms with Crippen LogP contribution in [0.3, 0.4) is 0 Å². The number of hydrogen-bond acceptors (Lipinski definition) is 3. The van der Waals surface area contributed by atoms with Crippen LogP contribution in [0, 0.1) is 0 Å². The summed E-state index contributed by atoms with van der Waals surface area (Å²) in [5, 5.41) is 9.84. The van der Waals surface area contributed by atoms with E-state index in [1.807, 2.05) is 6.92 Å². The number of aromatic carboxylic acids is 1. The fourth-order valence-electron chi connectivity index (χ4n) is 4.14. The van der Waals surface area contributed by atoms with Crippen LogP contribution >= 0.6 is 0 Å². The SMILES string of the molecule is CCCCCC(C)(C)c1cc(C(=O)O)cc(C(C)(C)CCCCC)c1OC(=O)CCC. The molecule has 0 fully saturated rings. The van der Waals surface area contributed by atoms with Crippen LogP contribution in [0.15, 0.2) is 12.1 Å². The summed E-state index contributed by atoms with van der Waals surface area (Å²) in [7, 11) is 0. The van der Waals surface area contributed by atoms with Crippen molar-refractivity contribution in [3.63, 3.8) is 0 Å². The van der Waals surface area contributed by atoms with E-state index in [1.54, 1.807) is 12.1 Å². The highest BCUT2D eigenvalue weighted by Crippen LogP contribution is 2.44. The molecular weight excluding hydrogens is 388 g/mol. The summed E-state index contributed by atoms with van der Waals surface area (Å²) in [4.78, 5) is 24.6. The van der Waals surface area contributed by atoms with Crippen LogP contribution in [0.2, 0.25) is 0 Å². The van der Waals surface area contributed by atoms with Crippen LogP contribution in [0.5, 0.6) is 5.75 Å². The van der Waals surface area contributed by atoms with E-state index in [1.165, 1.54) is 0 Å². The number of rotatable bonds is 14. The molecule has 0 spiro atoms. The lowest BCUT2D eigenvalue weighted by atomic mass is 9.73. The largest absolute Gasteiger partial charge is 0.478 e. The van der Waals surface area contributed by atoms with E-state index in [-0.39, 0.29) is 22.4 Å². The third-order valence-corrected chi connectivity index (χ3v) is 6.27. The summed E-state index contributed by atoms with van der Waals surface area (Å²) in [5.41, 5.74) is 1.36. The highest BCUT2D eigenvalue weighted by atomic mass is 16.5. The molecule has 0 aliphatic rings. The van der Waals surface area contributed by atoms with Crippen LogP contribution in [-0.4, -0.2) is 17.0 Å². The van der Waals surface area contributed by atoms with Gasteiger partial charge in [0, 0.05) is 17.5 Å². The van der Waals surface area contributed by atoms with Crippen molar-refractivity contribution in [2.45, 2.75) is 124 Å². The van der Waals surface area contributed by atoms with E-state index in [9.17, 15) is 14.7 Å². The molecule has 0 saturated carbocycles. The van der Waals surface area contributed by atoms with Gasteiger partial charge in [-0.05, 0) is 42.2 Å². The molecule has 0 saturated heterocycles. The Morgan fingerprint density at radius 2 is 1.26 bits per heavy atom. The van der Waals surface area contributed by atoms with E-state index < -0.39 is 5.97 Å². The Labute approximate surface area is 189 Å². The Morgan fingerprint density at radius 1 is 0.806 bits per heavy atom. The van der Waals surface area contributed by atoms with Gasteiger partial charge in [0.05, 0.1) is 5.56 Å². The molecule has 1 N–H and O–H groups in total. The van der Waals surface area contributed by atoms with E-state index in [0.29, 0.717) is 12.2 Å². The predicted molar refractivity (Wildman–Crippen MR) is 128 cm³/mol. The van der Waals surface area contributed by atoms with Gasteiger partial charge < -0.3 is 9.84 Å². The number of unbranched alkanes of at least 4 members (excludes halogenated alkanes) is 4. The second-order valence-electron chi connectivity index (χ2n) is 10.1. The first-order valence-electron chi connectivity index (χ1n) is 12.1. The smallest absolute Gasteiger partial charge is 0.335 e. The third kappa shape index (κ3) is 7.97. The van der Waals surface area contributed by atoms with Gasteiger partial charge in [-0.15, -0.1) is 0 Å². The second-order valence-corrected chi connectivity index (χ2v) is 10.1. The van der Waals surface area contributed by atoms with Gasteiger partial charge in [-0.1, -0.05) is 87.0 Å². The van der Waals surface area contributed by atoms with E-state index >= 15 is 0 Å². The van der Waals surface area contributed by atoms with Crippen molar-refractivity contribution in [3.8, 4) is 5.75 Å². The standard InChI is InChI=1S/C27H44O4/c1-8-11-13-16-26(4,5)21-18-20(25(29)30)19-22(24(21)31-23(28)15-10-3)27(6,7)17-14-12-9-2/h18-19H,8-17H2,1-7H3,(H,29,30). The van der Waals surface area contributed by atoms with Crippen LogP contribution in [0.1, 0.15) is 134 Å². The quantitative estimate of drug-likeness (QED) is 0.185. The minimum absolute atomic E-state index is 0.248. The van der Waals surface area contributed by atoms with Crippen molar-refractivity contribution < 1.29 is 19.4 Å². The number of benzene rings is 1. The van der Waals surface area contributed by atoms with Gasteiger partial charge in [-0.25, -0.2) is 4.79 Å². The molecule has 176 valence electrons. The molecule has 0 atom stereocenters. The maximum absolute atomic E-state index is 12.6. The van der Waals surface area contributed by atoms with Crippen LogP contribution in [0.25, 0.3) is 0 Å². The third-order valence-electron chi connectivity index (χ3n) is 6.27.